The molecule has 0 saturated heterocycles. The fourth-order valence-electron chi connectivity index (χ4n) is 4.53. The van der Waals surface area contributed by atoms with Crippen molar-refractivity contribution < 1.29 is 29.0 Å². The summed E-state index contributed by atoms with van der Waals surface area (Å²) < 4.78 is 5.32. The molecule has 2 aromatic rings. The largest absolute Gasteiger partial charge is 0.496 e. The molecule has 2 aromatic carbocycles. The maximum atomic E-state index is 13.1. The molecule has 37 heavy (non-hydrogen) atoms. The zero-order chi connectivity index (χ0) is 26.9. The van der Waals surface area contributed by atoms with E-state index in [0.717, 1.165) is 17.5 Å². The fraction of sp³-hybridized carbons (Fsp3) is 0.429. The Balaban J connectivity index is 1.61. The molecule has 0 fully saturated rings. The first-order valence-electron chi connectivity index (χ1n) is 12.5. The lowest BCUT2D eigenvalue weighted by Crippen LogP contribution is -2.53. The summed E-state index contributed by atoms with van der Waals surface area (Å²) in [7, 11) is 1.52. The number of carboxylic acids is 1. The van der Waals surface area contributed by atoms with Crippen LogP contribution in [0.4, 0.5) is 0 Å². The van der Waals surface area contributed by atoms with Gasteiger partial charge in [-0.25, -0.2) is 0 Å². The van der Waals surface area contributed by atoms with E-state index in [9.17, 15) is 24.3 Å². The quantitative estimate of drug-likeness (QED) is 0.400. The highest BCUT2D eigenvalue weighted by Crippen LogP contribution is 2.20. The van der Waals surface area contributed by atoms with E-state index in [4.69, 9.17) is 4.74 Å². The molecule has 2 unspecified atom stereocenters. The van der Waals surface area contributed by atoms with E-state index in [1.165, 1.54) is 12.7 Å². The predicted octanol–water partition coefficient (Wildman–Crippen LogP) is 2.03. The lowest BCUT2D eigenvalue weighted by molar-refractivity contribution is -0.141. The van der Waals surface area contributed by atoms with Crippen molar-refractivity contribution >= 4 is 23.6 Å². The number of amides is 2. The zero-order valence-electron chi connectivity index (χ0n) is 21.6. The monoisotopic (exact) mass is 509 g/mol. The number of ketones is 1. The number of fused-ring (bicyclic) bond motifs is 1. The molecule has 3 N–H and O–H groups in total. The number of Topliss-reactive ketones (excluding diaryl/α,β-unsaturated/α-hetero) is 1. The maximum absolute atomic E-state index is 13.1. The summed E-state index contributed by atoms with van der Waals surface area (Å²) in [5, 5.41) is 14.6. The van der Waals surface area contributed by atoms with Crippen LogP contribution in [0, 0.1) is 6.92 Å². The second kappa shape index (κ2) is 13.0. The minimum Gasteiger partial charge on any atom is -0.496 e. The highest BCUT2D eigenvalue weighted by Gasteiger charge is 2.29. The first-order chi connectivity index (χ1) is 17.7. The standard InChI is InChI=1S/C28H35N3O6/c1-4-22(29-26(33)14-21-13-18(2)9-10-25(21)37-3)28(36)30-23(15-27(34)35)24(32)17-31-12-11-19-7-5-6-8-20(19)16-31/h5-10,13,22-23H,4,11-12,14-17H2,1-3H3,(H,29,33)(H,30,36)(H,34,35). The van der Waals surface area contributed by atoms with Crippen LogP contribution in [0.15, 0.2) is 42.5 Å². The summed E-state index contributed by atoms with van der Waals surface area (Å²) in [6.07, 6.45) is 0.566. The van der Waals surface area contributed by atoms with Gasteiger partial charge in [0.1, 0.15) is 11.8 Å². The number of nitrogens with one attached hydrogen (secondary N) is 2. The molecule has 1 heterocycles. The maximum Gasteiger partial charge on any atom is 0.305 e. The molecule has 1 aliphatic heterocycles. The van der Waals surface area contributed by atoms with Crippen molar-refractivity contribution in [3.63, 3.8) is 0 Å². The van der Waals surface area contributed by atoms with E-state index in [2.05, 4.69) is 16.7 Å². The van der Waals surface area contributed by atoms with E-state index in [0.29, 0.717) is 24.4 Å². The van der Waals surface area contributed by atoms with Crippen molar-refractivity contribution in [2.75, 3.05) is 20.2 Å². The number of aryl methyl sites for hydroxylation is 1. The van der Waals surface area contributed by atoms with Crippen molar-refractivity contribution in [1.29, 1.82) is 0 Å². The first kappa shape index (κ1) is 27.9. The molecule has 9 heteroatoms. The van der Waals surface area contributed by atoms with Crippen LogP contribution >= 0.6 is 0 Å². The topological polar surface area (TPSA) is 125 Å². The molecule has 0 spiro atoms. The number of ether oxygens (including phenoxy) is 1. The van der Waals surface area contributed by atoms with Gasteiger partial charge in [-0.2, -0.15) is 0 Å². The minimum absolute atomic E-state index is 0.0164. The molecule has 0 radical (unpaired) electrons. The van der Waals surface area contributed by atoms with E-state index in [-0.39, 0.29) is 31.1 Å². The highest BCUT2D eigenvalue weighted by atomic mass is 16.5. The van der Waals surface area contributed by atoms with Gasteiger partial charge in [-0.1, -0.05) is 48.9 Å². The number of hydrogen-bond donors (Lipinski definition) is 3. The third kappa shape index (κ3) is 7.88. The Labute approximate surface area is 217 Å². The second-order valence-electron chi connectivity index (χ2n) is 9.38. The molecule has 2 amide bonds. The van der Waals surface area contributed by atoms with Crippen LogP contribution in [0.1, 0.15) is 42.0 Å². The summed E-state index contributed by atoms with van der Waals surface area (Å²) in [4.78, 5) is 52.2. The molecule has 9 nitrogen and oxygen atoms in total. The van der Waals surface area contributed by atoms with Gasteiger partial charge in [0, 0.05) is 18.7 Å². The van der Waals surface area contributed by atoms with Crippen molar-refractivity contribution in [2.45, 2.75) is 58.2 Å². The number of nitrogens with zero attached hydrogens (tertiary/aromatic N) is 1. The molecule has 0 aromatic heterocycles. The van der Waals surface area contributed by atoms with Crippen molar-refractivity contribution in [3.8, 4) is 5.75 Å². The van der Waals surface area contributed by atoms with Gasteiger partial charge in [0.15, 0.2) is 5.78 Å². The molecular weight excluding hydrogens is 474 g/mol. The van der Waals surface area contributed by atoms with Gasteiger partial charge in [-0.15, -0.1) is 0 Å². The van der Waals surface area contributed by atoms with E-state index >= 15 is 0 Å². The van der Waals surface area contributed by atoms with Crippen molar-refractivity contribution in [3.05, 3.63) is 64.7 Å². The SMILES string of the molecule is CCC(NC(=O)Cc1cc(C)ccc1OC)C(=O)NC(CC(=O)O)C(=O)CN1CCc2ccccc2C1. The van der Waals surface area contributed by atoms with Gasteiger partial charge in [-0.05, 0) is 37.0 Å². The Morgan fingerprint density at radius 3 is 2.46 bits per heavy atom. The Kier molecular flexibility index (Phi) is 9.79. The van der Waals surface area contributed by atoms with Gasteiger partial charge in [0.25, 0.3) is 0 Å². The van der Waals surface area contributed by atoms with Gasteiger partial charge in [0.2, 0.25) is 11.8 Å². The molecule has 198 valence electrons. The van der Waals surface area contributed by atoms with Gasteiger partial charge in [-0.3, -0.25) is 24.1 Å². The Hall–Kier alpha value is -3.72. The predicted molar refractivity (Wildman–Crippen MR) is 138 cm³/mol. The average molecular weight is 510 g/mol. The zero-order valence-corrected chi connectivity index (χ0v) is 21.6. The molecule has 0 bridgehead atoms. The van der Waals surface area contributed by atoms with Crippen molar-refractivity contribution in [1.82, 2.24) is 15.5 Å². The molecule has 1 aliphatic rings. The third-order valence-electron chi connectivity index (χ3n) is 6.52. The van der Waals surface area contributed by atoms with Crippen LogP contribution in [0.3, 0.4) is 0 Å². The number of benzene rings is 2. The first-order valence-corrected chi connectivity index (χ1v) is 12.5. The Morgan fingerprint density at radius 2 is 1.78 bits per heavy atom. The third-order valence-corrected chi connectivity index (χ3v) is 6.52. The summed E-state index contributed by atoms with van der Waals surface area (Å²) >= 11 is 0. The number of carbonyl (C=O) groups excluding carboxylic acids is 3. The van der Waals surface area contributed by atoms with Gasteiger partial charge in [0.05, 0.1) is 32.5 Å². The highest BCUT2D eigenvalue weighted by molar-refractivity contribution is 5.95. The van der Waals surface area contributed by atoms with Crippen LogP contribution < -0.4 is 15.4 Å². The summed E-state index contributed by atoms with van der Waals surface area (Å²) in [6, 6.07) is 11.4. The lowest BCUT2D eigenvalue weighted by atomic mass is 9.99. The van der Waals surface area contributed by atoms with Crippen LogP contribution in [-0.4, -0.2) is 65.9 Å². The number of rotatable bonds is 12. The van der Waals surface area contributed by atoms with Crippen LogP contribution in [0.5, 0.6) is 5.75 Å². The summed E-state index contributed by atoms with van der Waals surface area (Å²) in [6.45, 7) is 4.93. The Morgan fingerprint density at radius 1 is 1.05 bits per heavy atom. The molecule has 3 rings (SSSR count). The number of hydrogen-bond acceptors (Lipinski definition) is 6. The van der Waals surface area contributed by atoms with Gasteiger partial charge < -0.3 is 20.5 Å². The summed E-state index contributed by atoms with van der Waals surface area (Å²) in [5.74, 6) is -1.95. The molecular formula is C28H35N3O6. The van der Waals surface area contributed by atoms with Gasteiger partial charge >= 0.3 is 5.97 Å². The minimum atomic E-state index is -1.19. The van der Waals surface area contributed by atoms with Crippen LogP contribution in [0.2, 0.25) is 0 Å². The molecule has 0 saturated carbocycles. The summed E-state index contributed by atoms with van der Waals surface area (Å²) in [5.41, 5.74) is 4.05. The van der Waals surface area contributed by atoms with Crippen LogP contribution in [0.25, 0.3) is 0 Å². The van der Waals surface area contributed by atoms with E-state index < -0.39 is 30.4 Å². The molecule has 0 aliphatic carbocycles. The number of aliphatic carboxylic acids is 1. The fourth-order valence-corrected chi connectivity index (χ4v) is 4.53. The van der Waals surface area contributed by atoms with Crippen LogP contribution in [-0.2, 0) is 38.6 Å². The Bertz CT molecular complexity index is 1150. The normalized spacial score (nSPS) is 14.7. The number of carbonyl (C=O) groups is 4. The number of methoxy groups -OCH3 is 1. The lowest BCUT2D eigenvalue weighted by Gasteiger charge is -2.29. The number of carboxylic acid groups (broad SMARTS) is 1. The van der Waals surface area contributed by atoms with E-state index in [1.54, 1.807) is 13.0 Å². The second-order valence-corrected chi connectivity index (χ2v) is 9.38. The molecule has 2 atom stereocenters. The average Bonchev–Trinajstić information content (AvgIpc) is 2.86. The van der Waals surface area contributed by atoms with Crippen molar-refractivity contribution in [2.24, 2.45) is 0 Å². The smallest absolute Gasteiger partial charge is 0.305 e. The van der Waals surface area contributed by atoms with E-state index in [1.807, 2.05) is 42.2 Å².